The van der Waals surface area contributed by atoms with E-state index in [-0.39, 0.29) is 0 Å². The molecule has 0 fully saturated rings. The number of nitrogens with zero attached hydrogens (tertiary/aromatic N) is 1. The molecule has 0 aliphatic rings. The van der Waals surface area contributed by atoms with Crippen LogP contribution in [-0.2, 0) is 0 Å². The van der Waals surface area contributed by atoms with Gasteiger partial charge in [0.2, 0.25) is 0 Å². The molecule has 2 rings (SSSR count). The number of aromatic nitrogens is 1. The molecule has 0 bridgehead atoms. The van der Waals surface area contributed by atoms with Crippen molar-refractivity contribution in [1.29, 1.82) is 0 Å². The molecule has 2 nitrogen and oxygen atoms in total. The van der Waals surface area contributed by atoms with Gasteiger partial charge in [0.25, 0.3) is 0 Å². The van der Waals surface area contributed by atoms with Crippen LogP contribution in [0.5, 0.6) is 5.75 Å². The van der Waals surface area contributed by atoms with E-state index in [4.69, 9.17) is 4.74 Å². The second-order valence-corrected chi connectivity index (χ2v) is 3.51. The number of fused-ring (bicyclic) bond motifs is 1. The lowest BCUT2D eigenvalue weighted by Gasteiger charge is -2.07. The fraction of sp³-hybridized carbons (Fsp3) is 0.154. The molecule has 76 valence electrons. The average molecular weight is 199 g/mol. The molecule has 2 aromatic rings. The third kappa shape index (κ3) is 1.71. The summed E-state index contributed by atoms with van der Waals surface area (Å²) in [5.74, 6) is 0.846. The number of ether oxygens (including phenoxy) is 1. The van der Waals surface area contributed by atoms with Gasteiger partial charge in [-0.05, 0) is 24.6 Å². The maximum absolute atomic E-state index is 5.34. The average Bonchev–Trinajstić information content (AvgIpc) is 2.27. The largest absolute Gasteiger partial charge is 0.496 e. The van der Waals surface area contributed by atoms with Crippen molar-refractivity contribution in [2.75, 3.05) is 7.11 Å². The molecule has 1 aromatic heterocycles. The molecule has 2 heteroatoms. The number of methoxy groups -OCH3 is 1. The van der Waals surface area contributed by atoms with Crippen LogP contribution in [0.3, 0.4) is 0 Å². The molecule has 0 saturated carbocycles. The number of para-hydroxylation sites is 1. The van der Waals surface area contributed by atoms with Gasteiger partial charge >= 0.3 is 0 Å². The highest BCUT2D eigenvalue weighted by molar-refractivity contribution is 5.86. The lowest BCUT2D eigenvalue weighted by Crippen LogP contribution is -1.91. The van der Waals surface area contributed by atoms with Gasteiger partial charge in [-0.2, -0.15) is 0 Å². The molecule has 0 radical (unpaired) electrons. The fourth-order valence-electron chi connectivity index (χ4n) is 1.53. The molecule has 0 spiro atoms. The van der Waals surface area contributed by atoms with Crippen molar-refractivity contribution >= 4 is 16.5 Å². The van der Waals surface area contributed by atoms with Crippen molar-refractivity contribution in [2.24, 2.45) is 0 Å². The maximum atomic E-state index is 5.34. The monoisotopic (exact) mass is 199 g/mol. The predicted molar refractivity (Wildman–Crippen MR) is 63.0 cm³/mol. The summed E-state index contributed by atoms with van der Waals surface area (Å²) in [5, 5.41) is 1.03. The van der Waals surface area contributed by atoms with Crippen molar-refractivity contribution < 1.29 is 4.74 Å². The van der Waals surface area contributed by atoms with Gasteiger partial charge in [-0.25, -0.2) is 4.98 Å². The van der Waals surface area contributed by atoms with Crippen molar-refractivity contribution in [2.45, 2.75) is 6.92 Å². The highest BCUT2D eigenvalue weighted by Crippen LogP contribution is 2.26. The summed E-state index contributed by atoms with van der Waals surface area (Å²) < 4.78 is 5.34. The topological polar surface area (TPSA) is 22.1 Å². The lowest BCUT2D eigenvalue weighted by atomic mass is 10.1. The Bertz CT molecular complexity index is 517. The smallest absolute Gasteiger partial charge is 0.130 e. The van der Waals surface area contributed by atoms with E-state index < -0.39 is 0 Å². The molecule has 0 saturated heterocycles. The van der Waals surface area contributed by atoms with Gasteiger partial charge in [0.15, 0.2) is 0 Å². The highest BCUT2D eigenvalue weighted by atomic mass is 16.5. The second kappa shape index (κ2) is 3.73. The second-order valence-electron chi connectivity index (χ2n) is 3.51. The Balaban J connectivity index is 2.77. The van der Waals surface area contributed by atoms with Gasteiger partial charge in [-0.1, -0.05) is 18.7 Å². The van der Waals surface area contributed by atoms with Gasteiger partial charge in [-0.15, -0.1) is 0 Å². The first-order chi connectivity index (χ1) is 7.22. The van der Waals surface area contributed by atoms with E-state index in [1.807, 2.05) is 37.3 Å². The maximum Gasteiger partial charge on any atom is 0.130 e. The van der Waals surface area contributed by atoms with E-state index in [1.165, 1.54) is 0 Å². The molecule has 0 amide bonds. The molecule has 1 aromatic carbocycles. The SMILES string of the molecule is C=C(C)c1cc(OC)c2ccccc2n1. The summed E-state index contributed by atoms with van der Waals surface area (Å²) >= 11 is 0. The molecule has 1 heterocycles. The zero-order valence-electron chi connectivity index (χ0n) is 8.95. The minimum atomic E-state index is 0.846. The minimum absolute atomic E-state index is 0.846. The van der Waals surface area contributed by atoms with Crippen LogP contribution < -0.4 is 4.74 Å². The van der Waals surface area contributed by atoms with Crippen molar-refractivity contribution in [3.05, 3.63) is 42.6 Å². The lowest BCUT2D eigenvalue weighted by molar-refractivity contribution is 0.419. The standard InChI is InChI=1S/C13H13NO/c1-9(2)12-8-13(15-3)10-6-4-5-7-11(10)14-12/h4-8H,1H2,2-3H3. The Hall–Kier alpha value is -1.83. The summed E-state index contributed by atoms with van der Waals surface area (Å²) in [6.45, 7) is 5.83. The predicted octanol–water partition coefficient (Wildman–Crippen LogP) is 3.28. The van der Waals surface area contributed by atoms with E-state index >= 15 is 0 Å². The van der Waals surface area contributed by atoms with Crippen LogP contribution in [-0.4, -0.2) is 12.1 Å². The van der Waals surface area contributed by atoms with E-state index in [1.54, 1.807) is 7.11 Å². The third-order valence-corrected chi connectivity index (χ3v) is 2.34. The third-order valence-electron chi connectivity index (χ3n) is 2.34. The molecule has 0 aliphatic carbocycles. The van der Waals surface area contributed by atoms with Crippen LogP contribution in [0.25, 0.3) is 16.5 Å². The van der Waals surface area contributed by atoms with Crippen LogP contribution in [0.4, 0.5) is 0 Å². The van der Waals surface area contributed by atoms with E-state index in [0.29, 0.717) is 0 Å². The van der Waals surface area contributed by atoms with Crippen LogP contribution in [0, 0.1) is 0 Å². The highest BCUT2D eigenvalue weighted by Gasteiger charge is 2.05. The van der Waals surface area contributed by atoms with Crippen molar-refractivity contribution in [3.8, 4) is 5.75 Å². The zero-order valence-corrected chi connectivity index (χ0v) is 8.95. The van der Waals surface area contributed by atoms with E-state index in [2.05, 4.69) is 11.6 Å². The number of rotatable bonds is 2. The minimum Gasteiger partial charge on any atom is -0.496 e. The van der Waals surface area contributed by atoms with Crippen LogP contribution in [0.2, 0.25) is 0 Å². The van der Waals surface area contributed by atoms with E-state index in [0.717, 1.165) is 27.9 Å². The van der Waals surface area contributed by atoms with Crippen molar-refractivity contribution in [1.82, 2.24) is 4.98 Å². The molecule has 0 N–H and O–H groups in total. The van der Waals surface area contributed by atoms with Gasteiger partial charge in [0.1, 0.15) is 5.75 Å². The summed E-state index contributed by atoms with van der Waals surface area (Å²) in [5.41, 5.74) is 2.76. The Labute approximate surface area is 89.2 Å². The molecule has 15 heavy (non-hydrogen) atoms. The first kappa shape index (κ1) is 9.71. The van der Waals surface area contributed by atoms with Crippen molar-refractivity contribution in [3.63, 3.8) is 0 Å². The van der Waals surface area contributed by atoms with Gasteiger partial charge in [-0.3, -0.25) is 0 Å². The molecule has 0 aliphatic heterocycles. The number of allylic oxidation sites excluding steroid dienone is 1. The first-order valence-electron chi connectivity index (χ1n) is 4.82. The quantitative estimate of drug-likeness (QED) is 0.740. The van der Waals surface area contributed by atoms with Crippen LogP contribution >= 0.6 is 0 Å². The first-order valence-corrected chi connectivity index (χ1v) is 4.82. The molecule has 0 atom stereocenters. The van der Waals surface area contributed by atoms with Crippen LogP contribution in [0.1, 0.15) is 12.6 Å². The van der Waals surface area contributed by atoms with Crippen LogP contribution in [0.15, 0.2) is 36.9 Å². The normalized spacial score (nSPS) is 10.3. The summed E-state index contributed by atoms with van der Waals surface area (Å²) in [6.07, 6.45) is 0. The fourth-order valence-corrected chi connectivity index (χ4v) is 1.53. The summed E-state index contributed by atoms with van der Waals surface area (Å²) in [4.78, 5) is 4.50. The Morgan fingerprint density at radius 2 is 2.07 bits per heavy atom. The van der Waals surface area contributed by atoms with E-state index in [9.17, 15) is 0 Å². The Kier molecular flexibility index (Phi) is 2.42. The number of hydrogen-bond donors (Lipinski definition) is 0. The van der Waals surface area contributed by atoms with Gasteiger partial charge < -0.3 is 4.74 Å². The zero-order chi connectivity index (χ0) is 10.8. The number of benzene rings is 1. The summed E-state index contributed by atoms with van der Waals surface area (Å²) in [6, 6.07) is 9.85. The number of pyridine rings is 1. The Morgan fingerprint density at radius 1 is 1.33 bits per heavy atom. The molecular weight excluding hydrogens is 186 g/mol. The molecular formula is C13H13NO. The number of hydrogen-bond acceptors (Lipinski definition) is 2. The summed E-state index contributed by atoms with van der Waals surface area (Å²) in [7, 11) is 1.67. The van der Waals surface area contributed by atoms with Gasteiger partial charge in [0, 0.05) is 11.5 Å². The van der Waals surface area contributed by atoms with Gasteiger partial charge in [0.05, 0.1) is 18.3 Å². The Morgan fingerprint density at radius 3 is 2.73 bits per heavy atom. The molecule has 0 unspecified atom stereocenters.